The third-order valence-electron chi connectivity index (χ3n) is 5.05. The Morgan fingerprint density at radius 1 is 1.07 bits per heavy atom. The van der Waals surface area contributed by atoms with Crippen molar-refractivity contribution in [3.63, 3.8) is 0 Å². The van der Waals surface area contributed by atoms with Crippen molar-refractivity contribution in [3.05, 3.63) is 30.0 Å². The van der Waals surface area contributed by atoms with E-state index in [0.29, 0.717) is 17.8 Å². The Bertz CT molecular complexity index is 905. The lowest BCUT2D eigenvalue weighted by atomic mass is 10.2. The molecule has 1 aliphatic carbocycles. The third kappa shape index (κ3) is 4.53. The average Bonchev–Trinajstić information content (AvgIpc) is 3.53. The Morgan fingerprint density at radius 3 is 2.34 bits per heavy atom. The Morgan fingerprint density at radius 2 is 1.76 bits per heavy atom. The normalized spacial score (nSPS) is 16.4. The maximum atomic E-state index is 11.5. The zero-order valence-electron chi connectivity index (χ0n) is 16.3. The van der Waals surface area contributed by atoms with Crippen molar-refractivity contribution in [2.45, 2.75) is 25.8 Å². The fourth-order valence-electron chi connectivity index (χ4n) is 3.23. The summed E-state index contributed by atoms with van der Waals surface area (Å²) in [6.07, 6.45) is 2.07. The summed E-state index contributed by atoms with van der Waals surface area (Å²) in [4.78, 5) is 31.5. The SMILES string of the molecule is CC(=O)N1CCN(c2ccc(Nc3nnc(C(N)=O)c(NC4CC4)n3)cc2)CC1. The molecule has 2 heterocycles. The molecule has 0 radical (unpaired) electrons. The smallest absolute Gasteiger partial charge is 0.273 e. The van der Waals surface area contributed by atoms with Gasteiger partial charge in [0.15, 0.2) is 11.5 Å². The largest absolute Gasteiger partial charge is 0.368 e. The maximum Gasteiger partial charge on any atom is 0.273 e. The van der Waals surface area contributed by atoms with Gasteiger partial charge < -0.3 is 26.2 Å². The summed E-state index contributed by atoms with van der Waals surface area (Å²) in [5.41, 5.74) is 7.30. The first-order chi connectivity index (χ1) is 14.0. The first-order valence-electron chi connectivity index (χ1n) is 9.68. The number of nitrogens with two attached hydrogens (primary N) is 1. The minimum absolute atomic E-state index is 0.0440. The Labute approximate surface area is 168 Å². The molecule has 2 aliphatic rings. The van der Waals surface area contributed by atoms with Gasteiger partial charge in [0.1, 0.15) is 0 Å². The predicted molar refractivity (Wildman–Crippen MR) is 109 cm³/mol. The van der Waals surface area contributed by atoms with E-state index in [1.165, 1.54) is 0 Å². The zero-order valence-corrected chi connectivity index (χ0v) is 16.3. The van der Waals surface area contributed by atoms with Crippen molar-refractivity contribution in [1.29, 1.82) is 0 Å². The highest BCUT2D eigenvalue weighted by Gasteiger charge is 2.25. The van der Waals surface area contributed by atoms with Crippen LogP contribution in [0.3, 0.4) is 0 Å². The highest BCUT2D eigenvalue weighted by molar-refractivity contribution is 5.95. The summed E-state index contributed by atoms with van der Waals surface area (Å²) in [7, 11) is 0. The number of hydrogen-bond acceptors (Lipinski definition) is 8. The number of rotatable bonds is 6. The molecule has 0 spiro atoms. The number of primary amides is 1. The van der Waals surface area contributed by atoms with E-state index in [1.807, 2.05) is 29.2 Å². The van der Waals surface area contributed by atoms with Gasteiger partial charge in [0, 0.05) is 50.5 Å². The van der Waals surface area contributed by atoms with Gasteiger partial charge in [0.25, 0.3) is 5.91 Å². The number of carbonyl (C=O) groups is 2. The standard InChI is InChI=1S/C19H24N8O2/c1-12(28)26-8-10-27(11-9-26)15-6-4-14(5-7-15)22-19-23-18(21-13-2-3-13)16(17(20)29)24-25-19/h4-7,13H,2-3,8-11H2,1H3,(H2,20,29)(H2,21,22,23,25). The van der Waals surface area contributed by atoms with E-state index in [9.17, 15) is 9.59 Å². The van der Waals surface area contributed by atoms with E-state index in [2.05, 4.69) is 30.7 Å². The van der Waals surface area contributed by atoms with Crippen LogP contribution >= 0.6 is 0 Å². The van der Waals surface area contributed by atoms with Crippen LogP contribution in [0.2, 0.25) is 0 Å². The molecule has 0 unspecified atom stereocenters. The van der Waals surface area contributed by atoms with E-state index in [0.717, 1.165) is 50.4 Å². The summed E-state index contributed by atoms with van der Waals surface area (Å²) < 4.78 is 0. The molecule has 29 heavy (non-hydrogen) atoms. The third-order valence-corrected chi connectivity index (χ3v) is 5.05. The summed E-state index contributed by atoms with van der Waals surface area (Å²) in [5.74, 6) is 0.114. The monoisotopic (exact) mass is 396 g/mol. The van der Waals surface area contributed by atoms with Crippen LogP contribution in [0.5, 0.6) is 0 Å². The van der Waals surface area contributed by atoms with Gasteiger partial charge in [-0.25, -0.2) is 0 Å². The van der Waals surface area contributed by atoms with Crippen LogP contribution in [0.4, 0.5) is 23.1 Å². The van der Waals surface area contributed by atoms with Gasteiger partial charge in [-0.3, -0.25) is 9.59 Å². The van der Waals surface area contributed by atoms with Crippen molar-refractivity contribution >= 4 is 35.0 Å². The van der Waals surface area contributed by atoms with E-state index < -0.39 is 5.91 Å². The highest BCUT2D eigenvalue weighted by Crippen LogP contribution is 2.26. The first-order valence-corrected chi connectivity index (χ1v) is 9.68. The van der Waals surface area contributed by atoms with Crippen molar-refractivity contribution in [3.8, 4) is 0 Å². The van der Waals surface area contributed by atoms with Gasteiger partial charge in [-0.2, -0.15) is 4.98 Å². The van der Waals surface area contributed by atoms with Crippen molar-refractivity contribution in [2.24, 2.45) is 5.73 Å². The van der Waals surface area contributed by atoms with Crippen LogP contribution in [0.1, 0.15) is 30.3 Å². The molecular formula is C19H24N8O2. The molecule has 1 aliphatic heterocycles. The molecule has 10 nitrogen and oxygen atoms in total. The molecule has 4 rings (SSSR count). The Balaban J connectivity index is 1.42. The number of anilines is 4. The number of aromatic nitrogens is 3. The molecule has 1 saturated carbocycles. The molecule has 2 fully saturated rings. The molecule has 152 valence electrons. The van der Waals surface area contributed by atoms with Crippen LogP contribution in [0.25, 0.3) is 0 Å². The van der Waals surface area contributed by atoms with Crippen molar-refractivity contribution < 1.29 is 9.59 Å². The van der Waals surface area contributed by atoms with Crippen molar-refractivity contribution in [2.75, 3.05) is 41.7 Å². The van der Waals surface area contributed by atoms with Gasteiger partial charge in [-0.1, -0.05) is 0 Å². The second kappa shape index (κ2) is 7.90. The van der Waals surface area contributed by atoms with Crippen molar-refractivity contribution in [1.82, 2.24) is 20.1 Å². The number of benzene rings is 1. The van der Waals surface area contributed by atoms with Gasteiger partial charge in [-0.15, -0.1) is 10.2 Å². The fraction of sp³-hybridized carbons (Fsp3) is 0.421. The van der Waals surface area contributed by atoms with Gasteiger partial charge in [0.2, 0.25) is 11.9 Å². The number of amides is 2. The Kier molecular flexibility index (Phi) is 5.15. The lowest BCUT2D eigenvalue weighted by molar-refractivity contribution is -0.129. The number of nitrogens with one attached hydrogen (secondary N) is 2. The van der Waals surface area contributed by atoms with Gasteiger partial charge >= 0.3 is 0 Å². The zero-order chi connectivity index (χ0) is 20.4. The topological polar surface area (TPSA) is 129 Å². The van der Waals surface area contributed by atoms with Crippen LogP contribution in [-0.2, 0) is 4.79 Å². The van der Waals surface area contributed by atoms with E-state index in [-0.39, 0.29) is 11.6 Å². The number of nitrogens with zero attached hydrogens (tertiary/aromatic N) is 5. The molecule has 2 amide bonds. The molecule has 1 aromatic carbocycles. The summed E-state index contributed by atoms with van der Waals surface area (Å²) >= 11 is 0. The predicted octanol–water partition coefficient (Wildman–Crippen LogP) is 0.957. The lowest BCUT2D eigenvalue weighted by Gasteiger charge is -2.35. The molecule has 1 saturated heterocycles. The molecule has 2 aromatic rings. The number of hydrogen-bond donors (Lipinski definition) is 3. The van der Waals surface area contributed by atoms with E-state index >= 15 is 0 Å². The minimum Gasteiger partial charge on any atom is -0.368 e. The van der Waals surface area contributed by atoms with Crippen LogP contribution in [-0.4, -0.2) is 64.1 Å². The summed E-state index contributed by atoms with van der Waals surface area (Å²) in [6, 6.07) is 8.21. The van der Waals surface area contributed by atoms with Crippen LogP contribution in [0, 0.1) is 0 Å². The van der Waals surface area contributed by atoms with E-state index in [1.54, 1.807) is 6.92 Å². The number of piperazine rings is 1. The van der Waals surface area contributed by atoms with Crippen LogP contribution < -0.4 is 21.3 Å². The lowest BCUT2D eigenvalue weighted by Crippen LogP contribution is -2.48. The summed E-state index contributed by atoms with van der Waals surface area (Å²) in [6.45, 7) is 4.69. The second-order valence-electron chi connectivity index (χ2n) is 7.28. The highest BCUT2D eigenvalue weighted by atomic mass is 16.2. The Hall–Kier alpha value is -3.43. The maximum absolute atomic E-state index is 11.5. The quantitative estimate of drug-likeness (QED) is 0.658. The first kappa shape index (κ1) is 18.9. The van der Waals surface area contributed by atoms with Crippen LogP contribution in [0.15, 0.2) is 24.3 Å². The molecule has 0 atom stereocenters. The molecule has 0 bridgehead atoms. The molecule has 1 aromatic heterocycles. The van der Waals surface area contributed by atoms with Gasteiger partial charge in [0.05, 0.1) is 0 Å². The summed E-state index contributed by atoms with van der Waals surface area (Å²) in [5, 5.41) is 14.1. The second-order valence-corrected chi connectivity index (χ2v) is 7.28. The molecular weight excluding hydrogens is 372 g/mol. The number of carbonyl (C=O) groups excluding carboxylic acids is 2. The van der Waals surface area contributed by atoms with Gasteiger partial charge in [-0.05, 0) is 37.1 Å². The minimum atomic E-state index is -0.658. The molecule has 4 N–H and O–H groups in total. The average molecular weight is 396 g/mol. The van der Waals surface area contributed by atoms with E-state index in [4.69, 9.17) is 5.73 Å². The fourth-order valence-corrected chi connectivity index (χ4v) is 3.23. The molecule has 10 heteroatoms.